The van der Waals surface area contributed by atoms with Gasteiger partial charge in [-0.3, -0.25) is 0 Å². The fourth-order valence-corrected chi connectivity index (χ4v) is 2.91. The van der Waals surface area contributed by atoms with Crippen molar-refractivity contribution in [3.8, 4) is 0 Å². The Kier molecular flexibility index (Phi) is 12.5. The van der Waals surface area contributed by atoms with E-state index in [1.807, 2.05) is 0 Å². The van der Waals surface area contributed by atoms with Crippen LogP contribution in [-0.2, 0) is 19.2 Å². The van der Waals surface area contributed by atoms with Crippen LogP contribution in [0.1, 0.15) is 12.0 Å². The third kappa shape index (κ3) is 4.68. The van der Waals surface area contributed by atoms with Gasteiger partial charge < -0.3 is 14.9 Å². The summed E-state index contributed by atoms with van der Waals surface area (Å²) in [6.07, 6.45) is 7.65. The molecule has 126 valence electrons. The zero-order chi connectivity index (χ0) is 13.9. The number of hydrogen-bond acceptors (Lipinski definition) is 0. The van der Waals surface area contributed by atoms with Crippen LogP contribution in [0.15, 0.2) is 66.8 Å². The van der Waals surface area contributed by atoms with Crippen molar-refractivity contribution in [2.45, 2.75) is 6.42 Å². The SMILES string of the molecule is C1=CCC(c2cccc3c2[cH-]c2ccccc23)=C1.Cl.Cl.[CH3-].[CH3-].[Si]=[Ti]. The summed E-state index contributed by atoms with van der Waals surface area (Å²) in [4.78, 5) is 0. The molecule has 0 atom stereocenters. The molecule has 24 heavy (non-hydrogen) atoms. The van der Waals surface area contributed by atoms with Crippen LogP contribution in [0.25, 0.3) is 27.1 Å². The van der Waals surface area contributed by atoms with Crippen LogP contribution in [0.5, 0.6) is 0 Å². The summed E-state index contributed by atoms with van der Waals surface area (Å²) in [5.41, 5.74) is 2.81. The zero-order valence-corrected chi connectivity index (χ0v) is 18.1. The minimum atomic E-state index is 0. The van der Waals surface area contributed by atoms with Gasteiger partial charge in [0.1, 0.15) is 0 Å². The molecule has 0 fully saturated rings. The predicted molar refractivity (Wildman–Crippen MR) is 112 cm³/mol. The van der Waals surface area contributed by atoms with Crippen molar-refractivity contribution in [3.05, 3.63) is 87.2 Å². The molecule has 0 spiro atoms. The Balaban J connectivity index is 0. The average Bonchev–Trinajstić information content (AvgIpc) is 3.16. The van der Waals surface area contributed by atoms with Gasteiger partial charge in [-0.15, -0.1) is 58.5 Å². The first-order valence-electron chi connectivity index (χ1n) is 6.62. The summed E-state index contributed by atoms with van der Waals surface area (Å²) in [5.74, 6) is 0. The maximum atomic E-state index is 2.97. The van der Waals surface area contributed by atoms with Crippen molar-refractivity contribution in [2.24, 2.45) is 0 Å². The monoisotopic (exact) mass is 407 g/mol. The van der Waals surface area contributed by atoms with E-state index >= 15 is 0 Å². The first-order chi connectivity index (χ1) is 9.93. The fraction of sp³-hybridized carbons (Fsp3) is 0.0500. The Hall–Kier alpha value is -0.699. The van der Waals surface area contributed by atoms with Gasteiger partial charge in [0.25, 0.3) is 0 Å². The van der Waals surface area contributed by atoms with Crippen molar-refractivity contribution in [3.63, 3.8) is 0 Å². The third-order valence-electron chi connectivity index (χ3n) is 3.77. The molecule has 0 saturated heterocycles. The van der Waals surface area contributed by atoms with Crippen LogP contribution in [0.4, 0.5) is 0 Å². The Labute approximate surface area is 171 Å². The molecule has 0 aromatic heterocycles. The normalized spacial score (nSPS) is 11.0. The molecule has 0 aliphatic heterocycles. The second-order valence-corrected chi connectivity index (χ2v) is 4.82. The maximum absolute atomic E-state index is 2.97. The van der Waals surface area contributed by atoms with Gasteiger partial charge in [0.2, 0.25) is 0 Å². The summed E-state index contributed by atoms with van der Waals surface area (Å²) in [6.45, 7) is 0. The van der Waals surface area contributed by atoms with Crippen molar-refractivity contribution < 1.29 is 19.2 Å². The molecular formula is C20H21Cl2SiTi-3. The number of benzene rings is 2. The Morgan fingerprint density at radius 3 is 2.21 bits per heavy atom. The molecule has 0 amide bonds. The van der Waals surface area contributed by atoms with Gasteiger partial charge in [-0.05, 0) is 6.42 Å². The van der Waals surface area contributed by atoms with E-state index in [0.29, 0.717) is 0 Å². The van der Waals surface area contributed by atoms with Crippen molar-refractivity contribution in [2.75, 3.05) is 0 Å². The molecule has 0 N–H and O–H groups in total. The summed E-state index contributed by atoms with van der Waals surface area (Å²) in [7, 11) is 2.97. The predicted octanol–water partition coefficient (Wildman–Crippen LogP) is 6.42. The van der Waals surface area contributed by atoms with E-state index in [0.717, 1.165) is 6.42 Å². The molecular weight excluding hydrogens is 387 g/mol. The van der Waals surface area contributed by atoms with Gasteiger partial charge in [0.05, 0.1) is 0 Å². The number of hydrogen-bond donors (Lipinski definition) is 0. The topological polar surface area (TPSA) is 0 Å². The Bertz CT molecular complexity index is 834. The first kappa shape index (κ1) is 25.5. The zero-order valence-electron chi connectivity index (χ0n) is 13.9. The fourth-order valence-electron chi connectivity index (χ4n) is 2.91. The average molecular weight is 408 g/mol. The van der Waals surface area contributed by atoms with Gasteiger partial charge in [0, 0.05) is 0 Å². The van der Waals surface area contributed by atoms with E-state index in [-0.39, 0.29) is 39.7 Å². The van der Waals surface area contributed by atoms with Crippen LogP contribution in [0.2, 0.25) is 0 Å². The molecule has 3 aromatic rings. The molecule has 1 aliphatic carbocycles. The molecule has 0 bridgehead atoms. The quantitative estimate of drug-likeness (QED) is 0.322. The van der Waals surface area contributed by atoms with Gasteiger partial charge >= 0.3 is 26.8 Å². The van der Waals surface area contributed by atoms with Crippen LogP contribution in [0, 0.1) is 14.9 Å². The van der Waals surface area contributed by atoms with Crippen molar-refractivity contribution in [1.82, 2.24) is 0 Å². The standard InChI is InChI=1S/C18H13.2CH3.2ClH.Si.Ti/c1-2-7-13(6-1)15-10-5-11-17-16-9-4-3-8-14(16)12-18(15)17;;;;;;/h1-6,8-12H,7H2;2*1H3;2*1H;;/q3*-1;;;;. The van der Waals surface area contributed by atoms with E-state index in [4.69, 9.17) is 0 Å². The first-order valence-corrected chi connectivity index (χ1v) is 9.46. The van der Waals surface area contributed by atoms with Crippen molar-refractivity contribution in [1.29, 1.82) is 0 Å². The van der Waals surface area contributed by atoms with E-state index in [1.165, 1.54) is 32.7 Å². The van der Waals surface area contributed by atoms with Crippen LogP contribution in [-0.4, -0.2) is 7.63 Å². The Morgan fingerprint density at radius 2 is 1.54 bits per heavy atom. The summed E-state index contributed by atoms with van der Waals surface area (Å²) < 4.78 is 0. The van der Waals surface area contributed by atoms with Crippen molar-refractivity contribution >= 4 is 59.6 Å². The number of halogens is 2. The molecule has 0 unspecified atom stereocenters. The molecule has 0 nitrogen and oxygen atoms in total. The number of rotatable bonds is 1. The number of fused-ring (bicyclic) bond motifs is 3. The minimum absolute atomic E-state index is 0. The third-order valence-corrected chi connectivity index (χ3v) is 3.77. The Morgan fingerprint density at radius 1 is 0.875 bits per heavy atom. The van der Waals surface area contributed by atoms with Crippen LogP contribution < -0.4 is 0 Å². The summed E-state index contributed by atoms with van der Waals surface area (Å²) in [6, 6.07) is 17.6. The second-order valence-electron chi connectivity index (χ2n) is 4.82. The number of allylic oxidation sites excluding steroid dienone is 4. The van der Waals surface area contributed by atoms with Gasteiger partial charge in [0.15, 0.2) is 0 Å². The molecule has 3 aromatic carbocycles. The molecule has 1 aliphatic rings. The molecule has 4 heteroatoms. The molecule has 0 heterocycles. The summed E-state index contributed by atoms with van der Waals surface area (Å²) >= 11 is 1.81. The van der Waals surface area contributed by atoms with Gasteiger partial charge in [-0.1, -0.05) is 65.8 Å². The van der Waals surface area contributed by atoms with E-state index < -0.39 is 0 Å². The molecule has 4 rings (SSSR count). The van der Waals surface area contributed by atoms with Gasteiger partial charge in [-0.25, -0.2) is 0 Å². The van der Waals surface area contributed by atoms with Crippen LogP contribution in [0.3, 0.4) is 0 Å². The molecule has 0 saturated carbocycles. The molecule has 2 radical (unpaired) electrons. The van der Waals surface area contributed by atoms with E-state index in [1.54, 1.807) is 19.2 Å². The van der Waals surface area contributed by atoms with Crippen LogP contribution >= 0.6 is 24.8 Å². The van der Waals surface area contributed by atoms with E-state index in [2.05, 4.69) is 74.4 Å². The summed E-state index contributed by atoms with van der Waals surface area (Å²) in [5, 5.41) is 5.46. The van der Waals surface area contributed by atoms with Gasteiger partial charge in [-0.2, -0.15) is 0 Å². The van der Waals surface area contributed by atoms with E-state index in [9.17, 15) is 0 Å². The second kappa shape index (κ2) is 11.8.